The van der Waals surface area contributed by atoms with E-state index < -0.39 is 0 Å². The summed E-state index contributed by atoms with van der Waals surface area (Å²) in [6, 6.07) is 19.8. The van der Waals surface area contributed by atoms with Gasteiger partial charge in [0, 0.05) is 21.7 Å². The molecule has 0 aliphatic rings. The number of H-pyrrole nitrogens is 1. The second kappa shape index (κ2) is 3.62. The van der Waals surface area contributed by atoms with E-state index in [1.807, 2.05) is 17.5 Å². The summed E-state index contributed by atoms with van der Waals surface area (Å²) >= 11 is 1.83. The third-order valence-corrected chi connectivity index (χ3v) is 5.14. The third kappa shape index (κ3) is 1.27. The monoisotopic (exact) mass is 273 g/mol. The van der Waals surface area contributed by atoms with E-state index >= 15 is 0 Å². The molecule has 2 heteroatoms. The van der Waals surface area contributed by atoms with Gasteiger partial charge in [-0.3, -0.25) is 0 Å². The largest absolute Gasteiger partial charge is 0.353 e. The Balaban J connectivity index is 2.10. The summed E-state index contributed by atoms with van der Waals surface area (Å²) in [6.07, 6.45) is 2.03. The van der Waals surface area contributed by atoms with Crippen molar-refractivity contribution in [1.29, 1.82) is 0 Å². The lowest BCUT2D eigenvalue weighted by Crippen LogP contribution is -1.77. The highest BCUT2D eigenvalue weighted by atomic mass is 32.1. The number of nitrogens with one attached hydrogen (secondary N) is 1. The first-order valence-electron chi connectivity index (χ1n) is 6.71. The van der Waals surface area contributed by atoms with Gasteiger partial charge in [0.1, 0.15) is 4.83 Å². The number of aromatic amines is 1. The molecule has 0 unspecified atom stereocenters. The Hall–Kier alpha value is -2.32. The number of hydrogen-bond acceptors (Lipinski definition) is 1. The smallest absolute Gasteiger partial charge is 0.101 e. The van der Waals surface area contributed by atoms with Crippen LogP contribution in [0.25, 0.3) is 41.8 Å². The van der Waals surface area contributed by atoms with Crippen molar-refractivity contribution in [2.75, 3.05) is 0 Å². The first-order valence-corrected chi connectivity index (χ1v) is 7.53. The molecular weight excluding hydrogens is 262 g/mol. The van der Waals surface area contributed by atoms with Crippen LogP contribution in [-0.2, 0) is 0 Å². The van der Waals surface area contributed by atoms with Gasteiger partial charge in [-0.25, -0.2) is 0 Å². The molecule has 3 aromatic carbocycles. The van der Waals surface area contributed by atoms with Gasteiger partial charge in [-0.1, -0.05) is 30.3 Å². The van der Waals surface area contributed by atoms with E-state index in [0.717, 1.165) is 0 Å². The fraction of sp³-hybridized carbons (Fsp3) is 0. The molecule has 5 aromatic rings. The van der Waals surface area contributed by atoms with Crippen molar-refractivity contribution in [2.24, 2.45) is 0 Å². The topological polar surface area (TPSA) is 15.8 Å². The van der Waals surface area contributed by atoms with Gasteiger partial charge in [0.15, 0.2) is 0 Å². The molecule has 0 fully saturated rings. The zero-order valence-corrected chi connectivity index (χ0v) is 11.5. The maximum absolute atomic E-state index is 3.33. The van der Waals surface area contributed by atoms with Crippen LogP contribution in [0.4, 0.5) is 0 Å². The lowest BCUT2D eigenvalue weighted by Gasteiger charge is -2.04. The molecule has 2 aromatic heterocycles. The van der Waals surface area contributed by atoms with Crippen LogP contribution in [0.3, 0.4) is 0 Å². The molecule has 0 aliphatic carbocycles. The summed E-state index contributed by atoms with van der Waals surface area (Å²) in [6.45, 7) is 0. The Labute approximate surface area is 119 Å². The fourth-order valence-electron chi connectivity index (χ4n) is 3.10. The minimum absolute atomic E-state index is 1.26. The molecule has 1 nitrogen and oxygen atoms in total. The number of hydrogen-bond donors (Lipinski definition) is 1. The SMILES string of the molecule is c1ccc2cc3c(ccc4sc5[nH]ccc5c43)cc2c1. The van der Waals surface area contributed by atoms with Crippen molar-refractivity contribution in [3.63, 3.8) is 0 Å². The van der Waals surface area contributed by atoms with E-state index in [2.05, 4.69) is 59.6 Å². The van der Waals surface area contributed by atoms with Crippen LogP contribution in [-0.4, -0.2) is 4.98 Å². The highest BCUT2D eigenvalue weighted by Gasteiger charge is 2.09. The molecule has 0 spiro atoms. The van der Waals surface area contributed by atoms with Crippen LogP contribution in [0.5, 0.6) is 0 Å². The number of thiophene rings is 1. The van der Waals surface area contributed by atoms with Gasteiger partial charge in [-0.15, -0.1) is 11.3 Å². The van der Waals surface area contributed by atoms with Crippen molar-refractivity contribution in [3.8, 4) is 0 Å². The number of aromatic nitrogens is 1. The molecule has 0 saturated carbocycles. The average Bonchev–Trinajstić information content (AvgIpc) is 3.05. The normalized spacial score (nSPS) is 12.0. The summed E-state index contributed by atoms with van der Waals surface area (Å²) in [5.74, 6) is 0. The standard InChI is InChI=1S/C18H11NS/c1-2-4-12-10-15-13(9-11(12)3-1)5-6-16-17(15)14-7-8-19-18(14)20-16/h1-10,19H. The molecule has 94 valence electrons. The van der Waals surface area contributed by atoms with E-state index in [1.54, 1.807) is 0 Å². The summed E-state index contributed by atoms with van der Waals surface area (Å²) in [4.78, 5) is 4.59. The van der Waals surface area contributed by atoms with Crippen molar-refractivity contribution in [2.45, 2.75) is 0 Å². The van der Waals surface area contributed by atoms with E-state index in [1.165, 1.54) is 41.8 Å². The molecule has 0 saturated heterocycles. The maximum Gasteiger partial charge on any atom is 0.101 e. The van der Waals surface area contributed by atoms with Gasteiger partial charge in [0.05, 0.1) is 0 Å². The summed E-state index contributed by atoms with van der Waals surface area (Å²) in [7, 11) is 0. The molecule has 20 heavy (non-hydrogen) atoms. The number of rotatable bonds is 0. The van der Waals surface area contributed by atoms with Crippen molar-refractivity contribution in [3.05, 3.63) is 60.8 Å². The molecule has 0 radical (unpaired) electrons. The predicted octanol–water partition coefficient (Wildman–Crippen LogP) is 5.69. The van der Waals surface area contributed by atoms with Gasteiger partial charge >= 0.3 is 0 Å². The van der Waals surface area contributed by atoms with Crippen molar-refractivity contribution in [1.82, 2.24) is 4.98 Å². The van der Waals surface area contributed by atoms with Crippen LogP contribution in [0.2, 0.25) is 0 Å². The quantitative estimate of drug-likeness (QED) is 0.349. The van der Waals surface area contributed by atoms with Crippen LogP contribution in [0.1, 0.15) is 0 Å². The lowest BCUT2D eigenvalue weighted by atomic mass is 10.0. The molecule has 5 rings (SSSR count). The van der Waals surface area contributed by atoms with Crippen LogP contribution in [0, 0.1) is 0 Å². The minimum atomic E-state index is 1.26. The number of benzene rings is 3. The number of fused-ring (bicyclic) bond motifs is 6. The van der Waals surface area contributed by atoms with Gasteiger partial charge < -0.3 is 4.98 Å². The molecule has 0 atom stereocenters. The van der Waals surface area contributed by atoms with E-state index in [-0.39, 0.29) is 0 Å². The Morgan fingerprint density at radius 2 is 1.60 bits per heavy atom. The van der Waals surface area contributed by atoms with Gasteiger partial charge in [0.2, 0.25) is 0 Å². The second-order valence-corrected chi connectivity index (χ2v) is 6.23. The Bertz CT molecular complexity index is 1100. The third-order valence-electron chi connectivity index (χ3n) is 4.04. The zero-order valence-electron chi connectivity index (χ0n) is 10.7. The molecule has 0 bridgehead atoms. The summed E-state index contributed by atoms with van der Waals surface area (Å²) < 4.78 is 1.36. The Morgan fingerprint density at radius 1 is 0.750 bits per heavy atom. The first kappa shape index (κ1) is 10.5. The summed E-state index contributed by atoms with van der Waals surface area (Å²) in [5.41, 5.74) is 0. The van der Waals surface area contributed by atoms with Gasteiger partial charge in [-0.05, 0) is 45.8 Å². The van der Waals surface area contributed by atoms with Crippen LogP contribution < -0.4 is 0 Å². The highest BCUT2D eigenvalue weighted by molar-refractivity contribution is 7.25. The molecule has 0 amide bonds. The van der Waals surface area contributed by atoms with Crippen LogP contribution in [0.15, 0.2) is 60.8 Å². The molecule has 1 N–H and O–H groups in total. The fourth-order valence-corrected chi connectivity index (χ4v) is 4.19. The first-order chi connectivity index (χ1) is 9.90. The van der Waals surface area contributed by atoms with Gasteiger partial charge in [-0.2, -0.15) is 0 Å². The molecular formula is C18H11NS. The van der Waals surface area contributed by atoms with E-state index in [4.69, 9.17) is 0 Å². The van der Waals surface area contributed by atoms with E-state index in [9.17, 15) is 0 Å². The van der Waals surface area contributed by atoms with Gasteiger partial charge in [0.25, 0.3) is 0 Å². The van der Waals surface area contributed by atoms with E-state index in [0.29, 0.717) is 0 Å². The molecule has 0 aliphatic heterocycles. The predicted molar refractivity (Wildman–Crippen MR) is 88.7 cm³/mol. The van der Waals surface area contributed by atoms with Crippen molar-refractivity contribution < 1.29 is 0 Å². The average molecular weight is 273 g/mol. The van der Waals surface area contributed by atoms with Crippen LogP contribution >= 0.6 is 11.3 Å². The Morgan fingerprint density at radius 3 is 2.50 bits per heavy atom. The Kier molecular flexibility index (Phi) is 1.89. The molecule has 2 heterocycles. The highest BCUT2D eigenvalue weighted by Crippen LogP contribution is 2.38. The lowest BCUT2D eigenvalue weighted by molar-refractivity contribution is 1.51. The maximum atomic E-state index is 3.33. The zero-order chi connectivity index (χ0) is 13.1. The van der Waals surface area contributed by atoms with Crippen molar-refractivity contribution >= 4 is 53.2 Å². The summed E-state index contributed by atoms with van der Waals surface area (Å²) in [5, 5.41) is 8.01. The second-order valence-electron chi connectivity index (χ2n) is 5.18. The minimum Gasteiger partial charge on any atom is -0.353 e.